The van der Waals surface area contributed by atoms with Gasteiger partial charge in [0, 0.05) is 0 Å². The van der Waals surface area contributed by atoms with E-state index in [2.05, 4.69) is 0 Å². The van der Waals surface area contributed by atoms with Crippen LogP contribution in [0, 0.1) is 0 Å². The molecule has 0 aliphatic carbocycles. The molecule has 0 fully saturated rings. The predicted molar refractivity (Wildman–Crippen MR) is 78.9 cm³/mol. The van der Waals surface area contributed by atoms with E-state index in [-0.39, 0.29) is 0 Å². The molecule has 1 nitrogen and oxygen atoms in total. The molecule has 2 aromatic rings. The van der Waals surface area contributed by atoms with E-state index in [4.69, 9.17) is 0 Å². The first-order valence-corrected chi connectivity index (χ1v) is 5.99. The maximum absolute atomic E-state index is 9.80. The van der Waals surface area contributed by atoms with Crippen LogP contribution in [-0.4, -0.2) is 11.9 Å². The van der Waals surface area contributed by atoms with Crippen LogP contribution in [0.3, 0.4) is 0 Å². The van der Waals surface area contributed by atoms with Gasteiger partial charge in [-0.2, -0.15) is 0 Å². The Labute approximate surface area is 108 Å². The molecule has 2 rings (SSSR count). The van der Waals surface area contributed by atoms with E-state index in [0.29, 0.717) is 0 Å². The van der Waals surface area contributed by atoms with E-state index >= 15 is 0 Å². The van der Waals surface area contributed by atoms with Gasteiger partial charge in [0.05, 0.1) is 0 Å². The van der Waals surface area contributed by atoms with Gasteiger partial charge in [0.2, 0.25) is 0 Å². The van der Waals surface area contributed by atoms with Crippen LogP contribution in [0.4, 0.5) is 0 Å². The average molecular weight is 234 g/mol. The average Bonchev–Trinajstić information content (AvgIpc) is 2.45. The molecular weight excluding hydrogens is 219 g/mol. The molecule has 0 saturated carbocycles. The van der Waals surface area contributed by atoms with E-state index in [9.17, 15) is 5.02 Å². The van der Waals surface area contributed by atoms with Gasteiger partial charge in [-0.3, -0.25) is 0 Å². The Balaban J connectivity index is 1.95. The molecule has 0 aliphatic heterocycles. The van der Waals surface area contributed by atoms with Crippen molar-refractivity contribution in [1.82, 2.24) is 0 Å². The van der Waals surface area contributed by atoms with Crippen molar-refractivity contribution in [3.63, 3.8) is 0 Å². The molecule has 0 radical (unpaired) electrons. The summed E-state index contributed by atoms with van der Waals surface area (Å²) in [5.74, 6) is 3.55. The van der Waals surface area contributed by atoms with Crippen LogP contribution in [0.25, 0.3) is 12.2 Å². The summed E-state index contributed by atoms with van der Waals surface area (Å²) in [7, 11) is 0. The molecule has 0 aromatic heterocycles. The minimum atomic E-state index is -0.564. The summed E-state index contributed by atoms with van der Waals surface area (Å²) in [5.41, 5.74) is 2.18. The third-order valence-corrected chi connectivity index (χ3v) is 2.57. The largest absolute Gasteiger partial charge is 0.443 e. The summed E-state index contributed by atoms with van der Waals surface area (Å²) in [6, 6.07) is 19.9. The molecule has 1 N–H and O–H groups in total. The van der Waals surface area contributed by atoms with E-state index in [1.54, 1.807) is 12.0 Å². The molecule has 0 aliphatic rings. The third-order valence-electron chi connectivity index (χ3n) is 2.57. The fraction of sp³-hybridized carbons (Fsp3) is 0. The van der Waals surface area contributed by atoms with Gasteiger partial charge in [0.15, 0.2) is 0 Å². The lowest BCUT2D eigenvalue weighted by Gasteiger charge is -1.95. The molecule has 18 heavy (non-hydrogen) atoms. The molecule has 0 spiro atoms. The zero-order valence-electron chi connectivity index (χ0n) is 10.1. The number of benzene rings is 2. The number of rotatable bonds is 4. The summed E-state index contributed by atoms with van der Waals surface area (Å²) < 4.78 is 0. The second kappa shape index (κ2) is 6.62. The lowest BCUT2D eigenvalue weighted by molar-refractivity contribution is 0.598. The first-order chi connectivity index (χ1) is 8.84. The number of hydrogen-bond donors (Lipinski definition) is 1. The van der Waals surface area contributed by atoms with E-state index in [1.165, 1.54) is 0 Å². The van der Waals surface area contributed by atoms with Crippen molar-refractivity contribution in [3.8, 4) is 0 Å². The highest BCUT2D eigenvalue weighted by Gasteiger charge is 1.99. The Kier molecular flexibility index (Phi) is 4.56. The fourth-order valence-electron chi connectivity index (χ4n) is 1.61. The van der Waals surface area contributed by atoms with Crippen LogP contribution >= 0.6 is 0 Å². The molecule has 0 saturated heterocycles. The second-order valence-electron chi connectivity index (χ2n) is 4.03. The molecule has 0 amide bonds. The standard InChI is InChI=1S/C16H15BO/c18-17(13-11-15-7-3-1-4-8-15)14-12-16-9-5-2-6-10-16/h1-14,18H/b13-11+,14-12+. The van der Waals surface area contributed by atoms with Gasteiger partial charge in [-0.05, 0) is 11.1 Å². The fourth-order valence-corrected chi connectivity index (χ4v) is 1.61. The maximum Gasteiger partial charge on any atom is 0.343 e. The molecule has 88 valence electrons. The van der Waals surface area contributed by atoms with E-state index < -0.39 is 6.92 Å². The minimum absolute atomic E-state index is 0.564. The van der Waals surface area contributed by atoms with Crippen LogP contribution in [0.5, 0.6) is 0 Å². The number of hydrogen-bond acceptors (Lipinski definition) is 1. The first kappa shape index (κ1) is 12.4. The maximum atomic E-state index is 9.80. The molecule has 2 aromatic carbocycles. The van der Waals surface area contributed by atoms with Gasteiger partial charge >= 0.3 is 6.92 Å². The van der Waals surface area contributed by atoms with Crippen molar-refractivity contribution in [2.75, 3.05) is 0 Å². The van der Waals surface area contributed by atoms with Crippen molar-refractivity contribution in [1.29, 1.82) is 0 Å². The van der Waals surface area contributed by atoms with Gasteiger partial charge in [-0.1, -0.05) is 84.8 Å². The Hall–Kier alpha value is -2.06. The van der Waals surface area contributed by atoms with Gasteiger partial charge in [-0.15, -0.1) is 0 Å². The molecule has 0 atom stereocenters. The predicted octanol–water partition coefficient (Wildman–Crippen LogP) is 3.48. The molecule has 0 bridgehead atoms. The summed E-state index contributed by atoms with van der Waals surface area (Å²) in [5, 5.41) is 9.80. The zero-order chi connectivity index (χ0) is 12.6. The van der Waals surface area contributed by atoms with Gasteiger partial charge in [0.25, 0.3) is 0 Å². The van der Waals surface area contributed by atoms with Gasteiger partial charge in [0.1, 0.15) is 0 Å². The van der Waals surface area contributed by atoms with Crippen LogP contribution < -0.4 is 0 Å². The van der Waals surface area contributed by atoms with Crippen LogP contribution in [-0.2, 0) is 0 Å². The monoisotopic (exact) mass is 234 g/mol. The molecular formula is C16H15BO. The lowest BCUT2D eigenvalue weighted by Crippen LogP contribution is -2.03. The highest BCUT2D eigenvalue weighted by molar-refractivity contribution is 6.63. The van der Waals surface area contributed by atoms with Crippen molar-refractivity contribution < 1.29 is 5.02 Å². The smallest absolute Gasteiger partial charge is 0.343 e. The van der Waals surface area contributed by atoms with Gasteiger partial charge < -0.3 is 5.02 Å². The topological polar surface area (TPSA) is 20.2 Å². The molecule has 2 heteroatoms. The Morgan fingerprint density at radius 1 is 0.667 bits per heavy atom. The first-order valence-electron chi connectivity index (χ1n) is 5.99. The zero-order valence-corrected chi connectivity index (χ0v) is 10.1. The normalized spacial score (nSPS) is 11.2. The van der Waals surface area contributed by atoms with Gasteiger partial charge in [-0.25, -0.2) is 0 Å². The Morgan fingerprint density at radius 2 is 1.06 bits per heavy atom. The highest BCUT2D eigenvalue weighted by atomic mass is 16.2. The van der Waals surface area contributed by atoms with Crippen LogP contribution in [0.1, 0.15) is 11.1 Å². The van der Waals surface area contributed by atoms with Crippen molar-refractivity contribution in [2.45, 2.75) is 0 Å². The summed E-state index contributed by atoms with van der Waals surface area (Å²) in [6.45, 7) is -0.564. The van der Waals surface area contributed by atoms with Crippen molar-refractivity contribution >= 4 is 19.1 Å². The minimum Gasteiger partial charge on any atom is -0.443 e. The van der Waals surface area contributed by atoms with E-state index in [0.717, 1.165) is 11.1 Å². The van der Waals surface area contributed by atoms with Crippen molar-refractivity contribution in [3.05, 3.63) is 83.7 Å². The summed E-state index contributed by atoms with van der Waals surface area (Å²) >= 11 is 0. The SMILES string of the molecule is OB(/C=C/c1ccccc1)/C=C/c1ccccc1. The molecule has 0 unspecified atom stereocenters. The highest BCUT2D eigenvalue weighted by Crippen LogP contribution is 2.04. The second-order valence-corrected chi connectivity index (χ2v) is 4.03. The third kappa shape index (κ3) is 4.08. The Morgan fingerprint density at radius 3 is 1.44 bits per heavy atom. The summed E-state index contributed by atoms with van der Waals surface area (Å²) in [4.78, 5) is 0. The van der Waals surface area contributed by atoms with Crippen molar-refractivity contribution in [2.24, 2.45) is 0 Å². The quantitative estimate of drug-likeness (QED) is 0.803. The van der Waals surface area contributed by atoms with E-state index in [1.807, 2.05) is 72.8 Å². The Bertz CT molecular complexity index is 468. The van der Waals surface area contributed by atoms with Crippen LogP contribution in [0.15, 0.2) is 72.6 Å². The molecule has 0 heterocycles. The lowest BCUT2D eigenvalue weighted by atomic mass is 9.68. The van der Waals surface area contributed by atoms with Crippen LogP contribution in [0.2, 0.25) is 0 Å². The summed E-state index contributed by atoms with van der Waals surface area (Å²) in [6.07, 6.45) is 3.83.